The zero-order chi connectivity index (χ0) is 17.8. The molecule has 0 radical (unpaired) electrons. The van der Waals surface area contributed by atoms with Crippen LogP contribution in [0, 0.1) is 26.9 Å². The lowest BCUT2D eigenvalue weighted by Gasteiger charge is -2.36. The van der Waals surface area contributed by atoms with E-state index in [4.69, 9.17) is 10.00 Å². The van der Waals surface area contributed by atoms with Gasteiger partial charge in [-0.1, -0.05) is 0 Å². The lowest BCUT2D eigenvalue weighted by Crippen LogP contribution is -2.41. The van der Waals surface area contributed by atoms with Gasteiger partial charge in [0, 0.05) is 37.5 Å². The summed E-state index contributed by atoms with van der Waals surface area (Å²) in [5.41, 5.74) is -0.244. The second-order valence-corrected chi connectivity index (χ2v) is 8.28. The van der Waals surface area contributed by atoms with E-state index in [0.29, 0.717) is 26.1 Å². The molecule has 1 fully saturated rings. The van der Waals surface area contributed by atoms with Gasteiger partial charge >= 0.3 is 0 Å². The van der Waals surface area contributed by atoms with Crippen LogP contribution < -0.4 is 5.32 Å². The highest BCUT2D eigenvalue weighted by Crippen LogP contribution is 2.34. The summed E-state index contributed by atoms with van der Waals surface area (Å²) >= 11 is 0. The Balaban J connectivity index is 2.23. The average molecular weight is 353 g/mol. The van der Waals surface area contributed by atoms with Gasteiger partial charge in [-0.2, -0.15) is 5.26 Å². The number of nitrogens with one attached hydrogen (secondary N) is 1. The molecule has 0 aromatic heterocycles. The number of hydrogen-bond acceptors (Lipinski definition) is 7. The Kier molecular flexibility index (Phi) is 5.41. The number of rotatable bonds is 6. The maximum atomic E-state index is 11.8. The Morgan fingerprint density at radius 3 is 2.62 bits per heavy atom. The van der Waals surface area contributed by atoms with Gasteiger partial charge < -0.3 is 10.1 Å². The fourth-order valence-corrected chi connectivity index (χ4v) is 4.42. The molecule has 0 unspecified atom stereocenters. The average Bonchev–Trinajstić information content (AvgIpc) is 2.52. The fraction of sp³-hybridized carbons (Fsp3) is 0.533. The van der Waals surface area contributed by atoms with Crippen LogP contribution in [0.5, 0.6) is 0 Å². The summed E-state index contributed by atoms with van der Waals surface area (Å²) in [5, 5.41) is 23.1. The van der Waals surface area contributed by atoms with Crippen molar-refractivity contribution in [3.63, 3.8) is 0 Å². The van der Waals surface area contributed by atoms with E-state index in [1.165, 1.54) is 24.5 Å². The number of nitro groups is 1. The maximum Gasteiger partial charge on any atom is 0.293 e. The molecule has 0 bridgehead atoms. The Morgan fingerprint density at radius 2 is 2.08 bits per heavy atom. The first-order valence-corrected chi connectivity index (χ1v) is 9.49. The van der Waals surface area contributed by atoms with Crippen LogP contribution in [0.1, 0.15) is 18.4 Å². The predicted octanol–water partition coefficient (Wildman–Crippen LogP) is 1.72. The smallest absolute Gasteiger partial charge is 0.293 e. The van der Waals surface area contributed by atoms with E-state index in [-0.39, 0.29) is 29.2 Å². The minimum atomic E-state index is -3.20. The number of anilines is 1. The fourth-order valence-electron chi connectivity index (χ4n) is 2.92. The molecule has 0 saturated carbocycles. The third-order valence-electron chi connectivity index (χ3n) is 4.10. The molecule has 0 amide bonds. The lowest BCUT2D eigenvalue weighted by molar-refractivity contribution is -0.384. The van der Waals surface area contributed by atoms with E-state index in [1.54, 1.807) is 0 Å². The molecule has 1 N–H and O–H groups in total. The molecule has 8 nitrogen and oxygen atoms in total. The molecule has 1 saturated heterocycles. The zero-order valence-corrected chi connectivity index (χ0v) is 14.1. The first-order chi connectivity index (χ1) is 11.2. The van der Waals surface area contributed by atoms with Crippen LogP contribution in [-0.4, -0.2) is 45.1 Å². The number of nitriles is 1. The van der Waals surface area contributed by atoms with E-state index in [9.17, 15) is 18.5 Å². The molecule has 1 aliphatic rings. The van der Waals surface area contributed by atoms with Crippen molar-refractivity contribution in [2.24, 2.45) is 5.41 Å². The summed E-state index contributed by atoms with van der Waals surface area (Å²) in [4.78, 5) is 10.6. The van der Waals surface area contributed by atoms with Gasteiger partial charge in [-0.05, 0) is 25.0 Å². The minimum Gasteiger partial charge on any atom is -0.381 e. The third-order valence-corrected chi connectivity index (χ3v) is 5.24. The Morgan fingerprint density at radius 1 is 1.42 bits per heavy atom. The van der Waals surface area contributed by atoms with Gasteiger partial charge in [0.2, 0.25) is 0 Å². The predicted molar refractivity (Wildman–Crippen MR) is 88.5 cm³/mol. The minimum absolute atomic E-state index is 0.000433. The molecular formula is C15H19N3O5S. The van der Waals surface area contributed by atoms with Crippen molar-refractivity contribution < 1.29 is 18.1 Å². The van der Waals surface area contributed by atoms with Crippen molar-refractivity contribution in [1.82, 2.24) is 0 Å². The van der Waals surface area contributed by atoms with Crippen molar-refractivity contribution in [1.29, 1.82) is 5.26 Å². The van der Waals surface area contributed by atoms with Gasteiger partial charge in [-0.3, -0.25) is 10.1 Å². The normalized spacial score (nSPS) is 17.0. The quantitative estimate of drug-likeness (QED) is 0.610. The number of nitro benzene ring substituents is 1. The van der Waals surface area contributed by atoms with Crippen LogP contribution in [-0.2, 0) is 14.6 Å². The highest BCUT2D eigenvalue weighted by molar-refractivity contribution is 7.90. The summed E-state index contributed by atoms with van der Waals surface area (Å²) in [6.45, 7) is 1.22. The molecule has 1 aliphatic heterocycles. The molecule has 1 aromatic rings. The molecule has 0 atom stereocenters. The van der Waals surface area contributed by atoms with Crippen LogP contribution >= 0.6 is 0 Å². The summed E-state index contributed by atoms with van der Waals surface area (Å²) in [7, 11) is -3.20. The monoisotopic (exact) mass is 353 g/mol. The first-order valence-electron chi connectivity index (χ1n) is 7.43. The van der Waals surface area contributed by atoms with Crippen LogP contribution in [0.15, 0.2) is 18.2 Å². The van der Waals surface area contributed by atoms with E-state index in [2.05, 4.69) is 5.32 Å². The molecule has 0 aliphatic carbocycles. The van der Waals surface area contributed by atoms with Gasteiger partial charge in [-0.15, -0.1) is 0 Å². The van der Waals surface area contributed by atoms with Crippen molar-refractivity contribution in [2.75, 3.05) is 37.1 Å². The molecule has 1 aromatic carbocycles. The molecule has 1 heterocycles. The van der Waals surface area contributed by atoms with Crippen molar-refractivity contribution >= 4 is 21.2 Å². The van der Waals surface area contributed by atoms with E-state index in [0.717, 1.165) is 0 Å². The number of benzene rings is 1. The second-order valence-electron chi connectivity index (χ2n) is 6.14. The highest BCUT2D eigenvalue weighted by Gasteiger charge is 2.36. The highest BCUT2D eigenvalue weighted by atomic mass is 32.2. The largest absolute Gasteiger partial charge is 0.381 e. The van der Waals surface area contributed by atoms with Crippen molar-refractivity contribution in [2.45, 2.75) is 12.8 Å². The third kappa shape index (κ3) is 4.66. The van der Waals surface area contributed by atoms with Gasteiger partial charge in [-0.25, -0.2) is 8.42 Å². The number of ether oxygens (including phenoxy) is 1. The Labute approximate surface area is 140 Å². The molecule has 0 spiro atoms. The Bertz CT molecular complexity index is 764. The maximum absolute atomic E-state index is 11.8. The lowest BCUT2D eigenvalue weighted by atomic mass is 9.82. The number of sulfone groups is 1. The van der Waals surface area contributed by atoms with Gasteiger partial charge in [0.15, 0.2) is 0 Å². The zero-order valence-electron chi connectivity index (χ0n) is 13.3. The topological polar surface area (TPSA) is 122 Å². The molecule has 2 rings (SSSR count). The second kappa shape index (κ2) is 7.15. The Hall–Kier alpha value is -2.18. The van der Waals surface area contributed by atoms with Crippen LogP contribution in [0.25, 0.3) is 0 Å². The van der Waals surface area contributed by atoms with Crippen molar-refractivity contribution in [3.8, 4) is 6.07 Å². The summed E-state index contributed by atoms with van der Waals surface area (Å²) in [6, 6.07) is 6.03. The SMILES string of the molecule is CS(=O)(=O)CC1(CNc2ccc(C#N)cc2[N+](=O)[O-])CCOCC1. The van der Waals surface area contributed by atoms with Crippen LogP contribution in [0.2, 0.25) is 0 Å². The van der Waals surface area contributed by atoms with Gasteiger partial charge in [0.05, 0.1) is 22.3 Å². The summed E-state index contributed by atoms with van der Waals surface area (Å²) in [5.74, 6) is 0.000433. The standard InChI is InChI=1S/C15H19N3O5S/c1-24(21,22)11-15(4-6-23-7-5-15)10-17-13-3-2-12(9-16)8-14(13)18(19)20/h2-3,8,17H,4-7,10-11H2,1H3. The summed E-state index contributed by atoms with van der Waals surface area (Å²) in [6.07, 6.45) is 2.32. The summed E-state index contributed by atoms with van der Waals surface area (Å²) < 4.78 is 28.8. The molecule has 24 heavy (non-hydrogen) atoms. The number of hydrogen-bond donors (Lipinski definition) is 1. The van der Waals surface area contributed by atoms with Gasteiger partial charge in [0.25, 0.3) is 5.69 Å². The molecule has 130 valence electrons. The van der Waals surface area contributed by atoms with Gasteiger partial charge in [0.1, 0.15) is 15.5 Å². The number of nitrogens with zero attached hydrogens (tertiary/aromatic N) is 2. The van der Waals surface area contributed by atoms with E-state index in [1.807, 2.05) is 6.07 Å². The molecular weight excluding hydrogens is 334 g/mol. The van der Waals surface area contributed by atoms with Crippen molar-refractivity contribution in [3.05, 3.63) is 33.9 Å². The van der Waals surface area contributed by atoms with Crippen LogP contribution in [0.3, 0.4) is 0 Å². The first kappa shape index (κ1) is 18.2. The van der Waals surface area contributed by atoms with Crippen LogP contribution in [0.4, 0.5) is 11.4 Å². The van der Waals surface area contributed by atoms with E-state index >= 15 is 0 Å². The van der Waals surface area contributed by atoms with E-state index < -0.39 is 20.2 Å². The molecule has 9 heteroatoms.